The van der Waals surface area contributed by atoms with Crippen LogP contribution < -0.4 is 5.32 Å². The van der Waals surface area contributed by atoms with Crippen molar-refractivity contribution in [2.75, 3.05) is 0 Å². The Morgan fingerprint density at radius 3 is 2.54 bits per heavy atom. The molecule has 24 heavy (non-hydrogen) atoms. The Kier molecular flexibility index (Phi) is 5.39. The summed E-state index contributed by atoms with van der Waals surface area (Å²) in [5.41, 5.74) is 1.19. The second-order valence-electron chi connectivity index (χ2n) is 7.22. The van der Waals surface area contributed by atoms with E-state index in [2.05, 4.69) is 31.3 Å². The highest BCUT2D eigenvalue weighted by Gasteiger charge is 2.30. The third-order valence-corrected chi connectivity index (χ3v) is 5.60. The molecule has 0 aliphatic heterocycles. The lowest BCUT2D eigenvalue weighted by Crippen LogP contribution is -2.46. The summed E-state index contributed by atoms with van der Waals surface area (Å²) in [7, 11) is 0. The van der Waals surface area contributed by atoms with Crippen LogP contribution >= 0.6 is 0 Å². The van der Waals surface area contributed by atoms with Gasteiger partial charge in [0, 0.05) is 24.9 Å². The minimum Gasteiger partial charge on any atom is -0.351 e. The van der Waals surface area contributed by atoms with Gasteiger partial charge in [-0.15, -0.1) is 0 Å². The van der Waals surface area contributed by atoms with Gasteiger partial charge in [0.05, 0.1) is 0 Å². The Labute approximate surface area is 145 Å². The zero-order valence-corrected chi connectivity index (χ0v) is 14.7. The first-order valence-electron chi connectivity index (χ1n) is 9.12. The lowest BCUT2D eigenvalue weighted by atomic mass is 9.78. The first kappa shape index (κ1) is 16.8. The van der Waals surface area contributed by atoms with Gasteiger partial charge >= 0.3 is 0 Å². The highest BCUT2D eigenvalue weighted by molar-refractivity contribution is 5.81. The van der Waals surface area contributed by atoms with Crippen LogP contribution in [0.4, 0.5) is 0 Å². The molecule has 128 valence electrons. The van der Waals surface area contributed by atoms with Gasteiger partial charge < -0.3 is 9.88 Å². The van der Waals surface area contributed by atoms with Gasteiger partial charge in [-0.2, -0.15) is 0 Å². The van der Waals surface area contributed by atoms with Gasteiger partial charge in [0.2, 0.25) is 5.91 Å². The molecule has 3 heteroatoms. The Bertz CT molecular complexity index is 635. The summed E-state index contributed by atoms with van der Waals surface area (Å²) in [6, 6.07) is 14.3. The highest BCUT2D eigenvalue weighted by Crippen LogP contribution is 2.30. The number of amides is 1. The number of hydrogen-bond acceptors (Lipinski definition) is 1. The predicted molar refractivity (Wildman–Crippen MR) is 97.7 cm³/mol. The Morgan fingerprint density at radius 2 is 1.83 bits per heavy atom. The summed E-state index contributed by atoms with van der Waals surface area (Å²) >= 11 is 0. The molecule has 1 amide bonds. The molecular weight excluding hydrogens is 296 g/mol. The molecule has 0 bridgehead atoms. The van der Waals surface area contributed by atoms with E-state index in [9.17, 15) is 4.79 Å². The fourth-order valence-electron chi connectivity index (χ4n) is 3.79. The number of aromatic nitrogens is 1. The Hall–Kier alpha value is -2.03. The quantitative estimate of drug-likeness (QED) is 0.878. The second-order valence-corrected chi connectivity index (χ2v) is 7.22. The molecule has 0 spiro atoms. The molecule has 3 rings (SSSR count). The Balaban J connectivity index is 1.74. The van der Waals surface area contributed by atoms with Crippen LogP contribution in [0.1, 0.15) is 44.7 Å². The van der Waals surface area contributed by atoms with Crippen LogP contribution in [0, 0.1) is 11.8 Å². The predicted octanol–water partition coefficient (Wildman–Crippen LogP) is 4.21. The van der Waals surface area contributed by atoms with Crippen molar-refractivity contribution < 1.29 is 4.79 Å². The van der Waals surface area contributed by atoms with Gasteiger partial charge in [-0.3, -0.25) is 4.79 Å². The van der Waals surface area contributed by atoms with Crippen molar-refractivity contribution in [2.24, 2.45) is 11.8 Å². The minimum absolute atomic E-state index is 0.140. The lowest BCUT2D eigenvalue weighted by molar-refractivity contribution is -0.125. The minimum atomic E-state index is -0.188. The molecule has 4 atom stereocenters. The molecular formula is C21H28N2O. The fourth-order valence-corrected chi connectivity index (χ4v) is 3.79. The molecule has 1 fully saturated rings. The van der Waals surface area contributed by atoms with Crippen molar-refractivity contribution in [1.29, 1.82) is 0 Å². The molecule has 0 saturated heterocycles. The standard InChI is InChI=1S/C21H28N2O/c1-16-9-8-12-19(17(16)2)22-21(24)20(23-13-6-7-14-23)15-18-10-4-3-5-11-18/h3-7,10-11,13-14,16-17,19-20H,8-9,12,15H2,1-2H3,(H,22,24)/t16-,17+,19+,20+/m0/s1. The van der Waals surface area contributed by atoms with E-state index in [1.807, 2.05) is 47.3 Å². The summed E-state index contributed by atoms with van der Waals surface area (Å²) in [6.45, 7) is 4.58. The smallest absolute Gasteiger partial charge is 0.243 e. The number of nitrogens with zero attached hydrogens (tertiary/aromatic N) is 1. The Morgan fingerprint density at radius 1 is 1.12 bits per heavy atom. The number of carbonyl (C=O) groups excluding carboxylic acids is 1. The van der Waals surface area contributed by atoms with Crippen LogP contribution in [0.5, 0.6) is 0 Å². The lowest BCUT2D eigenvalue weighted by Gasteiger charge is -2.35. The van der Waals surface area contributed by atoms with Crippen molar-refractivity contribution in [1.82, 2.24) is 9.88 Å². The van der Waals surface area contributed by atoms with Gasteiger partial charge in [-0.05, 0) is 36.0 Å². The van der Waals surface area contributed by atoms with Crippen LogP contribution in [-0.4, -0.2) is 16.5 Å². The third-order valence-electron chi connectivity index (χ3n) is 5.60. The van der Waals surface area contributed by atoms with Crippen LogP contribution in [0.25, 0.3) is 0 Å². The average Bonchev–Trinajstić information content (AvgIpc) is 3.12. The van der Waals surface area contributed by atoms with Crippen LogP contribution in [0.3, 0.4) is 0 Å². The molecule has 1 saturated carbocycles. The summed E-state index contributed by atoms with van der Waals surface area (Å²) < 4.78 is 2.03. The van der Waals surface area contributed by atoms with E-state index in [0.717, 1.165) is 12.8 Å². The van der Waals surface area contributed by atoms with Crippen molar-refractivity contribution in [3.8, 4) is 0 Å². The molecule has 1 aromatic carbocycles. The fraction of sp³-hybridized carbons (Fsp3) is 0.476. The maximum atomic E-state index is 13.0. The zero-order chi connectivity index (χ0) is 16.9. The molecule has 0 radical (unpaired) electrons. The zero-order valence-electron chi connectivity index (χ0n) is 14.7. The molecule has 2 aromatic rings. The summed E-state index contributed by atoms with van der Waals surface area (Å²) in [4.78, 5) is 13.0. The highest BCUT2D eigenvalue weighted by atomic mass is 16.2. The average molecular weight is 324 g/mol. The summed E-state index contributed by atoms with van der Waals surface area (Å²) in [6.07, 6.45) is 8.28. The molecule has 1 aliphatic rings. The van der Waals surface area contributed by atoms with E-state index in [0.29, 0.717) is 17.9 Å². The normalized spacial score (nSPS) is 25.2. The summed E-state index contributed by atoms with van der Waals surface area (Å²) in [5, 5.41) is 3.35. The molecule has 1 aliphatic carbocycles. The maximum absolute atomic E-state index is 13.0. The second kappa shape index (κ2) is 7.69. The van der Waals surface area contributed by atoms with E-state index in [1.165, 1.54) is 18.4 Å². The molecule has 1 N–H and O–H groups in total. The van der Waals surface area contributed by atoms with E-state index >= 15 is 0 Å². The van der Waals surface area contributed by atoms with E-state index in [1.54, 1.807) is 0 Å². The van der Waals surface area contributed by atoms with Gasteiger partial charge in [0.25, 0.3) is 0 Å². The van der Waals surface area contributed by atoms with Crippen LogP contribution in [-0.2, 0) is 11.2 Å². The summed E-state index contributed by atoms with van der Waals surface area (Å²) in [5.74, 6) is 1.37. The van der Waals surface area contributed by atoms with Crippen molar-refractivity contribution in [3.05, 3.63) is 60.4 Å². The first-order chi connectivity index (χ1) is 11.6. The molecule has 0 unspecified atom stereocenters. The molecule has 3 nitrogen and oxygen atoms in total. The van der Waals surface area contributed by atoms with Crippen molar-refractivity contribution >= 4 is 5.91 Å². The van der Waals surface area contributed by atoms with Gasteiger partial charge in [-0.25, -0.2) is 0 Å². The molecule has 1 heterocycles. The van der Waals surface area contributed by atoms with E-state index in [-0.39, 0.29) is 11.9 Å². The van der Waals surface area contributed by atoms with Crippen LogP contribution in [0.2, 0.25) is 0 Å². The third kappa shape index (κ3) is 3.89. The largest absolute Gasteiger partial charge is 0.351 e. The molecule has 1 aromatic heterocycles. The topological polar surface area (TPSA) is 34.0 Å². The van der Waals surface area contributed by atoms with Crippen molar-refractivity contribution in [2.45, 2.75) is 51.6 Å². The van der Waals surface area contributed by atoms with Gasteiger partial charge in [-0.1, -0.05) is 57.0 Å². The van der Waals surface area contributed by atoms with E-state index in [4.69, 9.17) is 0 Å². The number of rotatable bonds is 5. The first-order valence-corrected chi connectivity index (χ1v) is 9.12. The maximum Gasteiger partial charge on any atom is 0.243 e. The SMILES string of the molecule is C[C@@H]1[C@@H](C)CCC[C@H]1NC(=O)[C@@H](Cc1ccccc1)n1cccc1. The van der Waals surface area contributed by atoms with Crippen molar-refractivity contribution in [3.63, 3.8) is 0 Å². The monoisotopic (exact) mass is 324 g/mol. The van der Waals surface area contributed by atoms with Gasteiger partial charge in [0.15, 0.2) is 0 Å². The number of carbonyl (C=O) groups is 1. The van der Waals surface area contributed by atoms with Gasteiger partial charge in [0.1, 0.15) is 6.04 Å². The number of nitrogens with one attached hydrogen (secondary N) is 1. The number of benzene rings is 1. The van der Waals surface area contributed by atoms with E-state index < -0.39 is 0 Å². The number of hydrogen-bond donors (Lipinski definition) is 1. The van der Waals surface area contributed by atoms with Crippen LogP contribution in [0.15, 0.2) is 54.9 Å².